The maximum Gasteiger partial charge on any atom is 0.248 e. The Kier molecular flexibility index (Phi) is 3.88. The summed E-state index contributed by atoms with van der Waals surface area (Å²) in [5, 5.41) is 1.22. The zero-order valence-corrected chi connectivity index (χ0v) is 12.6. The fourth-order valence-electron chi connectivity index (χ4n) is 3.08. The monoisotopic (exact) mass is 284 g/mol. The number of para-hydroxylation sites is 1. The molecule has 0 saturated heterocycles. The topological polar surface area (TPSA) is 42.4 Å². The van der Waals surface area contributed by atoms with Crippen molar-refractivity contribution in [3.05, 3.63) is 41.1 Å². The van der Waals surface area contributed by atoms with E-state index in [0.717, 1.165) is 37.1 Å². The van der Waals surface area contributed by atoms with Crippen LogP contribution in [0.1, 0.15) is 16.8 Å². The number of ether oxygens (including phenoxy) is 1. The number of hydrogen-bond acceptors (Lipinski definition) is 3. The summed E-state index contributed by atoms with van der Waals surface area (Å²) in [7, 11) is 1.56. The van der Waals surface area contributed by atoms with Crippen LogP contribution >= 0.6 is 0 Å². The van der Waals surface area contributed by atoms with Gasteiger partial charge in [0.1, 0.15) is 6.61 Å². The molecule has 0 spiro atoms. The third kappa shape index (κ3) is 2.63. The van der Waals surface area contributed by atoms with Crippen molar-refractivity contribution in [2.75, 3.05) is 26.8 Å². The Balaban J connectivity index is 1.94. The van der Waals surface area contributed by atoms with Crippen LogP contribution in [-0.2, 0) is 22.4 Å². The molecular weight excluding hydrogens is 264 g/mol. The molecule has 1 aliphatic heterocycles. The maximum absolute atomic E-state index is 12.0. The van der Waals surface area contributed by atoms with Gasteiger partial charge in [-0.1, -0.05) is 18.2 Å². The van der Waals surface area contributed by atoms with Crippen LogP contribution in [-0.4, -0.2) is 42.6 Å². The normalized spacial score (nSPS) is 14.9. The Morgan fingerprint density at radius 2 is 2.05 bits per heavy atom. The van der Waals surface area contributed by atoms with Gasteiger partial charge in [0.05, 0.1) is 5.52 Å². The van der Waals surface area contributed by atoms with Crippen LogP contribution in [0.2, 0.25) is 0 Å². The van der Waals surface area contributed by atoms with Gasteiger partial charge in [0, 0.05) is 37.7 Å². The number of benzene rings is 1. The van der Waals surface area contributed by atoms with Gasteiger partial charge in [-0.3, -0.25) is 9.78 Å². The minimum atomic E-state index is 0.0625. The highest BCUT2D eigenvalue weighted by Crippen LogP contribution is 2.25. The van der Waals surface area contributed by atoms with Gasteiger partial charge in [0.15, 0.2) is 0 Å². The lowest BCUT2D eigenvalue weighted by Gasteiger charge is -2.19. The van der Waals surface area contributed by atoms with E-state index in [4.69, 9.17) is 9.72 Å². The first-order chi connectivity index (χ1) is 10.2. The Hall–Kier alpha value is -1.94. The highest BCUT2D eigenvalue weighted by atomic mass is 16.5. The minimum Gasteiger partial charge on any atom is -0.375 e. The van der Waals surface area contributed by atoms with E-state index in [2.05, 4.69) is 25.1 Å². The predicted molar refractivity (Wildman–Crippen MR) is 82.3 cm³/mol. The molecule has 1 aromatic carbocycles. The number of hydrogen-bond donors (Lipinski definition) is 0. The molecule has 0 unspecified atom stereocenters. The van der Waals surface area contributed by atoms with Crippen molar-refractivity contribution < 1.29 is 9.53 Å². The molecule has 0 atom stereocenters. The van der Waals surface area contributed by atoms with Gasteiger partial charge in [-0.25, -0.2) is 0 Å². The molecule has 1 aliphatic rings. The number of carbonyl (C=O) groups excluding carboxylic acids is 1. The van der Waals surface area contributed by atoms with Crippen LogP contribution in [0.25, 0.3) is 10.9 Å². The van der Waals surface area contributed by atoms with E-state index < -0.39 is 0 Å². The van der Waals surface area contributed by atoms with E-state index in [0.29, 0.717) is 0 Å². The molecule has 0 fully saturated rings. The third-order valence-electron chi connectivity index (χ3n) is 4.24. The average Bonchev–Trinajstić information content (AvgIpc) is 2.71. The van der Waals surface area contributed by atoms with Crippen LogP contribution < -0.4 is 0 Å². The number of pyridine rings is 1. The van der Waals surface area contributed by atoms with Crippen LogP contribution in [0.4, 0.5) is 0 Å². The second-order valence-electron chi connectivity index (χ2n) is 5.49. The minimum absolute atomic E-state index is 0.0625. The quantitative estimate of drug-likeness (QED) is 0.848. The lowest BCUT2D eigenvalue weighted by molar-refractivity contribution is -0.135. The van der Waals surface area contributed by atoms with Crippen LogP contribution in [0.3, 0.4) is 0 Å². The lowest BCUT2D eigenvalue weighted by atomic mass is 9.99. The number of nitrogens with zero attached hydrogens (tertiary/aromatic N) is 2. The average molecular weight is 284 g/mol. The molecule has 4 nitrogen and oxygen atoms in total. The standard InChI is InChI=1S/C17H20N2O2/c1-12-13-5-3-4-6-15(13)18-16-8-10-19(9-7-14(12)16)17(20)11-21-2/h3-6H,7-11H2,1-2H3. The number of carbonyl (C=O) groups is 1. The van der Waals surface area contributed by atoms with E-state index in [1.54, 1.807) is 7.11 Å². The first-order valence-electron chi connectivity index (χ1n) is 7.34. The molecule has 2 heterocycles. The smallest absolute Gasteiger partial charge is 0.248 e. The Morgan fingerprint density at radius 1 is 1.29 bits per heavy atom. The molecule has 2 aromatic rings. The summed E-state index contributed by atoms with van der Waals surface area (Å²) < 4.78 is 4.95. The summed E-state index contributed by atoms with van der Waals surface area (Å²) in [6.07, 6.45) is 1.69. The van der Waals surface area contributed by atoms with Gasteiger partial charge >= 0.3 is 0 Å². The van der Waals surface area contributed by atoms with E-state index in [-0.39, 0.29) is 12.5 Å². The van der Waals surface area contributed by atoms with Gasteiger partial charge in [0.25, 0.3) is 0 Å². The molecule has 1 amide bonds. The summed E-state index contributed by atoms with van der Waals surface area (Å²) in [6, 6.07) is 8.25. The van der Waals surface area contributed by atoms with Gasteiger partial charge in [-0.15, -0.1) is 0 Å². The summed E-state index contributed by atoms with van der Waals surface area (Å²) in [6.45, 7) is 3.79. The fourth-order valence-corrected chi connectivity index (χ4v) is 3.08. The zero-order chi connectivity index (χ0) is 14.8. The summed E-state index contributed by atoms with van der Waals surface area (Å²) in [5.41, 5.74) is 4.79. The first kappa shape index (κ1) is 14.0. The van der Waals surface area contributed by atoms with Gasteiger partial charge in [0.2, 0.25) is 5.91 Å². The largest absolute Gasteiger partial charge is 0.375 e. The van der Waals surface area contributed by atoms with Crippen molar-refractivity contribution in [3.63, 3.8) is 0 Å². The first-order valence-corrected chi connectivity index (χ1v) is 7.34. The molecule has 1 aromatic heterocycles. The Morgan fingerprint density at radius 3 is 2.86 bits per heavy atom. The van der Waals surface area contributed by atoms with Crippen LogP contribution in [0.15, 0.2) is 24.3 Å². The van der Waals surface area contributed by atoms with E-state index >= 15 is 0 Å². The van der Waals surface area contributed by atoms with E-state index in [1.807, 2.05) is 11.0 Å². The number of methoxy groups -OCH3 is 1. The van der Waals surface area contributed by atoms with Crippen LogP contribution in [0.5, 0.6) is 0 Å². The zero-order valence-electron chi connectivity index (χ0n) is 12.6. The van der Waals surface area contributed by atoms with Gasteiger partial charge in [-0.2, -0.15) is 0 Å². The maximum atomic E-state index is 12.0. The third-order valence-corrected chi connectivity index (χ3v) is 4.24. The van der Waals surface area contributed by atoms with Crippen molar-refractivity contribution in [2.45, 2.75) is 19.8 Å². The van der Waals surface area contributed by atoms with Crippen molar-refractivity contribution in [1.82, 2.24) is 9.88 Å². The number of rotatable bonds is 2. The molecule has 0 N–H and O–H groups in total. The lowest BCUT2D eigenvalue weighted by Crippen LogP contribution is -2.35. The SMILES string of the molecule is COCC(=O)N1CCc2nc3ccccc3c(C)c2CC1. The number of aryl methyl sites for hydroxylation is 1. The predicted octanol–water partition coefficient (Wildman–Crippen LogP) is 2.12. The second kappa shape index (κ2) is 5.82. The number of aromatic nitrogens is 1. The van der Waals surface area contributed by atoms with E-state index in [1.165, 1.54) is 16.5 Å². The van der Waals surface area contributed by atoms with Crippen molar-refractivity contribution in [3.8, 4) is 0 Å². The molecule has 0 saturated carbocycles. The highest BCUT2D eigenvalue weighted by molar-refractivity contribution is 5.83. The van der Waals surface area contributed by atoms with Gasteiger partial charge in [-0.05, 0) is 30.5 Å². The van der Waals surface area contributed by atoms with Crippen LogP contribution in [0, 0.1) is 6.92 Å². The molecule has 21 heavy (non-hydrogen) atoms. The second-order valence-corrected chi connectivity index (χ2v) is 5.49. The highest BCUT2D eigenvalue weighted by Gasteiger charge is 2.21. The van der Waals surface area contributed by atoms with Crippen molar-refractivity contribution in [1.29, 1.82) is 0 Å². The molecule has 110 valence electrons. The van der Waals surface area contributed by atoms with E-state index in [9.17, 15) is 4.79 Å². The van der Waals surface area contributed by atoms with Crippen molar-refractivity contribution in [2.24, 2.45) is 0 Å². The molecule has 0 bridgehead atoms. The number of amides is 1. The molecule has 4 heteroatoms. The summed E-state index contributed by atoms with van der Waals surface area (Å²) >= 11 is 0. The molecule has 0 radical (unpaired) electrons. The Labute approximate surface area is 124 Å². The Bertz CT molecular complexity index is 682. The number of fused-ring (bicyclic) bond motifs is 2. The van der Waals surface area contributed by atoms with Gasteiger partial charge < -0.3 is 9.64 Å². The fraction of sp³-hybridized carbons (Fsp3) is 0.412. The molecule has 3 rings (SSSR count). The molecular formula is C17H20N2O2. The summed E-state index contributed by atoms with van der Waals surface area (Å²) in [4.78, 5) is 18.7. The molecule has 0 aliphatic carbocycles. The van der Waals surface area contributed by atoms with Crippen molar-refractivity contribution >= 4 is 16.8 Å². The summed E-state index contributed by atoms with van der Waals surface area (Å²) in [5.74, 6) is 0.0625.